The van der Waals surface area contributed by atoms with Gasteiger partial charge in [0.05, 0.1) is 0 Å². The zero-order chi connectivity index (χ0) is 17.3. The zero-order valence-electron chi connectivity index (χ0n) is 14.0. The maximum atomic E-state index is 10.3. The van der Waals surface area contributed by atoms with Crippen LogP contribution in [0.1, 0.15) is 12.8 Å². The van der Waals surface area contributed by atoms with Gasteiger partial charge in [-0.1, -0.05) is 60.7 Å². The summed E-state index contributed by atoms with van der Waals surface area (Å²) in [5.41, 5.74) is 0. The van der Waals surface area contributed by atoms with Crippen molar-refractivity contribution in [2.45, 2.75) is 12.8 Å². The van der Waals surface area contributed by atoms with Crippen molar-refractivity contribution in [1.82, 2.24) is 0 Å². The normalized spacial score (nSPS) is 11.8. The smallest absolute Gasteiger partial charge is 0.872 e. The largest absolute Gasteiger partial charge is 4.00 e. The molecule has 2 aromatic carbocycles. The third-order valence-electron chi connectivity index (χ3n) is 2.66. The number of allylic oxidation sites excluding steroid dienone is 8. The Balaban J connectivity index is 0.000000307. The van der Waals surface area contributed by atoms with Crippen LogP contribution >= 0.6 is 0 Å². The van der Waals surface area contributed by atoms with Crippen molar-refractivity contribution in [3.8, 4) is 11.5 Å². The van der Waals surface area contributed by atoms with Gasteiger partial charge in [0.25, 0.3) is 0 Å². The van der Waals surface area contributed by atoms with E-state index in [1.54, 1.807) is 24.3 Å². The van der Waals surface area contributed by atoms with E-state index in [9.17, 15) is 10.2 Å². The predicted molar refractivity (Wildman–Crippen MR) is 94.9 cm³/mol. The summed E-state index contributed by atoms with van der Waals surface area (Å²) in [7, 11) is 0. The fourth-order valence-electron chi connectivity index (χ4n) is 1.52. The molecular formula is C22H20O2Zr. The maximum Gasteiger partial charge on any atom is 4.00 e. The molecule has 2 aliphatic rings. The predicted octanol–water partition coefficient (Wildman–Crippen LogP) is 4.13. The number of para-hydroxylation sites is 2. The molecule has 124 valence electrons. The molecule has 0 saturated carbocycles. The van der Waals surface area contributed by atoms with Crippen LogP contribution in [-0.4, -0.2) is 0 Å². The summed E-state index contributed by atoms with van der Waals surface area (Å²) in [6, 6.07) is 16.7. The van der Waals surface area contributed by atoms with Crippen LogP contribution in [0.2, 0.25) is 0 Å². The molecule has 0 atom stereocenters. The molecule has 2 aliphatic carbocycles. The van der Waals surface area contributed by atoms with Gasteiger partial charge in [-0.25, -0.2) is 24.3 Å². The van der Waals surface area contributed by atoms with E-state index < -0.39 is 0 Å². The van der Waals surface area contributed by atoms with E-state index in [1.165, 1.54) is 24.3 Å². The summed E-state index contributed by atoms with van der Waals surface area (Å²) in [5, 5.41) is 20.5. The standard InChI is InChI=1S/2C6H6O.2C5H5.Zr/c2*7-6-4-2-1-3-5-6;2*1-2-4-5-3-1;/h2*1-5,7H;2*1-3H,4H2;/q;;2*-1;+4/p-2. The van der Waals surface area contributed by atoms with Crippen LogP contribution in [0.4, 0.5) is 0 Å². The van der Waals surface area contributed by atoms with Crippen molar-refractivity contribution in [3.63, 3.8) is 0 Å². The first kappa shape index (κ1) is 22.9. The van der Waals surface area contributed by atoms with Crippen molar-refractivity contribution >= 4 is 0 Å². The van der Waals surface area contributed by atoms with Crippen LogP contribution < -0.4 is 10.2 Å². The number of hydrogen-bond acceptors (Lipinski definition) is 2. The molecule has 0 bridgehead atoms. The second-order valence-corrected chi connectivity index (χ2v) is 4.63. The van der Waals surface area contributed by atoms with Gasteiger partial charge in [-0.15, -0.1) is 24.3 Å². The fourth-order valence-corrected chi connectivity index (χ4v) is 1.52. The van der Waals surface area contributed by atoms with Gasteiger partial charge < -0.3 is 10.2 Å². The third-order valence-corrected chi connectivity index (χ3v) is 2.66. The molecule has 0 N–H and O–H groups in total. The van der Waals surface area contributed by atoms with Crippen LogP contribution in [-0.2, 0) is 26.2 Å². The van der Waals surface area contributed by atoms with Gasteiger partial charge in [0.15, 0.2) is 0 Å². The van der Waals surface area contributed by atoms with E-state index >= 15 is 0 Å². The van der Waals surface area contributed by atoms with Crippen molar-refractivity contribution in [2.24, 2.45) is 0 Å². The molecule has 0 unspecified atom stereocenters. The van der Waals surface area contributed by atoms with Gasteiger partial charge in [-0.05, 0) is 0 Å². The number of hydrogen-bond donors (Lipinski definition) is 0. The number of rotatable bonds is 0. The van der Waals surface area contributed by atoms with Crippen LogP contribution in [0.25, 0.3) is 0 Å². The van der Waals surface area contributed by atoms with Crippen molar-refractivity contribution < 1.29 is 36.4 Å². The topological polar surface area (TPSA) is 46.1 Å². The molecule has 0 saturated heterocycles. The molecule has 4 rings (SSSR count). The molecule has 0 aliphatic heterocycles. The molecule has 0 fully saturated rings. The summed E-state index contributed by atoms with van der Waals surface area (Å²) in [4.78, 5) is 0. The third kappa shape index (κ3) is 15.2. The fraction of sp³-hybridized carbons (Fsp3) is 0.0909. The monoisotopic (exact) mass is 406 g/mol. The molecule has 25 heavy (non-hydrogen) atoms. The minimum atomic E-state index is 0. The van der Waals surface area contributed by atoms with Crippen molar-refractivity contribution in [1.29, 1.82) is 0 Å². The number of benzene rings is 2. The minimum Gasteiger partial charge on any atom is -0.872 e. The second-order valence-electron chi connectivity index (χ2n) is 4.63. The van der Waals surface area contributed by atoms with E-state index in [0.29, 0.717) is 0 Å². The summed E-state index contributed by atoms with van der Waals surface area (Å²) >= 11 is 0. The molecule has 2 aromatic rings. The summed E-state index contributed by atoms with van der Waals surface area (Å²) in [6.45, 7) is 0. The van der Waals surface area contributed by atoms with Crippen LogP contribution in [0.5, 0.6) is 11.5 Å². The molecule has 3 heteroatoms. The molecule has 0 aromatic heterocycles. The molecule has 0 heterocycles. The Morgan fingerprint density at radius 3 is 1.08 bits per heavy atom. The first-order valence-electron chi connectivity index (χ1n) is 7.66. The average Bonchev–Trinajstić information content (AvgIpc) is 3.36. The van der Waals surface area contributed by atoms with E-state index in [0.717, 1.165) is 12.8 Å². The van der Waals surface area contributed by atoms with Gasteiger partial charge in [0.1, 0.15) is 0 Å². The summed E-state index contributed by atoms with van der Waals surface area (Å²) in [5.74, 6) is 0.144. The maximum absolute atomic E-state index is 10.3. The second kappa shape index (κ2) is 16.7. The quantitative estimate of drug-likeness (QED) is 0.617. The van der Waals surface area contributed by atoms with Gasteiger partial charge in [0.2, 0.25) is 0 Å². The van der Waals surface area contributed by atoms with Gasteiger partial charge >= 0.3 is 26.2 Å². The van der Waals surface area contributed by atoms with E-state index in [-0.39, 0.29) is 37.7 Å². The van der Waals surface area contributed by atoms with Gasteiger partial charge in [-0.2, -0.15) is 12.2 Å². The zero-order valence-corrected chi connectivity index (χ0v) is 16.4. The average molecular weight is 408 g/mol. The Morgan fingerprint density at radius 1 is 0.600 bits per heavy atom. The SMILES string of the molecule is [C-]1=CC=CC1.[C-]1=CC=CC1.[O-]c1ccccc1.[O-]c1ccccc1.[Zr+4]. The Hall–Kier alpha value is -2.12. The Bertz CT molecular complexity index is 565. The molecule has 0 spiro atoms. The van der Waals surface area contributed by atoms with E-state index in [1.807, 2.05) is 36.4 Å². The van der Waals surface area contributed by atoms with Crippen molar-refractivity contribution in [3.05, 3.63) is 109 Å². The van der Waals surface area contributed by atoms with E-state index in [4.69, 9.17) is 0 Å². The van der Waals surface area contributed by atoms with Crippen molar-refractivity contribution in [2.75, 3.05) is 0 Å². The molecule has 2 nitrogen and oxygen atoms in total. The summed E-state index contributed by atoms with van der Waals surface area (Å²) < 4.78 is 0. The molecule has 0 radical (unpaired) electrons. The Kier molecular flexibility index (Phi) is 15.3. The van der Waals surface area contributed by atoms with Crippen LogP contribution in [0.15, 0.2) is 97.1 Å². The van der Waals surface area contributed by atoms with Crippen LogP contribution in [0.3, 0.4) is 0 Å². The first-order chi connectivity index (χ1) is 11.8. The van der Waals surface area contributed by atoms with Crippen LogP contribution in [0, 0.1) is 12.2 Å². The Labute approximate surface area is 169 Å². The Morgan fingerprint density at radius 2 is 0.960 bits per heavy atom. The van der Waals surface area contributed by atoms with Gasteiger partial charge in [0, 0.05) is 0 Å². The molecule has 0 amide bonds. The minimum absolute atomic E-state index is 0. The summed E-state index contributed by atoms with van der Waals surface area (Å²) in [6.07, 6.45) is 20.0. The molecular weight excluding hydrogens is 387 g/mol. The van der Waals surface area contributed by atoms with Gasteiger partial charge in [-0.3, -0.25) is 12.2 Å². The first-order valence-corrected chi connectivity index (χ1v) is 7.66. The van der Waals surface area contributed by atoms with E-state index in [2.05, 4.69) is 24.3 Å².